The maximum atomic E-state index is 11.0. The summed E-state index contributed by atoms with van der Waals surface area (Å²) in [6.07, 6.45) is 7.62. The molecule has 4 heteroatoms. The number of carboxylic acid groups (broad SMARTS) is 1. The predicted octanol–water partition coefficient (Wildman–Crippen LogP) is 3.01. The van der Waals surface area contributed by atoms with Crippen molar-refractivity contribution in [3.8, 4) is 0 Å². The quantitative estimate of drug-likeness (QED) is 0.598. The zero-order valence-electron chi connectivity index (χ0n) is 12.2. The molecule has 1 N–H and O–H groups in total. The van der Waals surface area contributed by atoms with E-state index in [1.807, 2.05) is 24.8 Å². The van der Waals surface area contributed by atoms with Gasteiger partial charge >= 0.3 is 5.97 Å². The molecule has 20 heavy (non-hydrogen) atoms. The Labute approximate surface area is 120 Å². The van der Waals surface area contributed by atoms with E-state index >= 15 is 0 Å². The van der Waals surface area contributed by atoms with E-state index in [1.165, 1.54) is 0 Å². The number of likely N-dealkylation sites (tertiary alicyclic amines) is 1. The van der Waals surface area contributed by atoms with Crippen molar-refractivity contribution < 1.29 is 9.90 Å². The highest BCUT2D eigenvalue weighted by Crippen LogP contribution is 2.23. The van der Waals surface area contributed by atoms with Crippen LogP contribution in [0.2, 0.25) is 0 Å². The van der Waals surface area contributed by atoms with Gasteiger partial charge in [0.25, 0.3) is 0 Å². The summed E-state index contributed by atoms with van der Waals surface area (Å²) in [5.74, 6) is -1.03. The molecule has 1 rings (SSSR count). The van der Waals surface area contributed by atoms with Crippen LogP contribution in [0.3, 0.4) is 0 Å². The molecule has 1 aliphatic heterocycles. The lowest BCUT2D eigenvalue weighted by molar-refractivity contribution is -0.141. The molecule has 0 aromatic heterocycles. The number of carboxylic acids is 1. The van der Waals surface area contributed by atoms with Crippen LogP contribution < -0.4 is 0 Å². The minimum Gasteiger partial charge on any atom is -0.481 e. The van der Waals surface area contributed by atoms with Gasteiger partial charge in [0.1, 0.15) is 0 Å². The molecule has 1 fully saturated rings. The van der Waals surface area contributed by atoms with Crippen LogP contribution in [0, 0.1) is 5.92 Å². The van der Waals surface area contributed by atoms with Crippen molar-refractivity contribution >= 4 is 12.2 Å². The molecule has 0 saturated carbocycles. The molecule has 0 aromatic carbocycles. The first-order chi connectivity index (χ1) is 9.49. The summed E-state index contributed by atoms with van der Waals surface area (Å²) in [5, 5.41) is 9.06. The van der Waals surface area contributed by atoms with Crippen LogP contribution >= 0.6 is 0 Å². The number of nitrogens with zero attached hydrogens (tertiary/aromatic N) is 2. The third-order valence-electron chi connectivity index (χ3n) is 3.23. The van der Waals surface area contributed by atoms with E-state index in [0.717, 1.165) is 23.5 Å². The van der Waals surface area contributed by atoms with E-state index in [9.17, 15) is 4.79 Å². The maximum absolute atomic E-state index is 11.0. The standard InChI is InChI=1S/C16H22N2O2/c1-5-8-17-15(12(3)4)10-14(6-2)18-9-7-13(11-18)16(19)20/h5-6,8,10,13H,1-2,7,9,11H2,3-4H3,(H,19,20)/b14-10+,17-8?. The molecule has 1 saturated heterocycles. The van der Waals surface area contributed by atoms with Crippen molar-refractivity contribution in [2.45, 2.75) is 20.3 Å². The Balaban J connectivity index is 2.95. The van der Waals surface area contributed by atoms with Gasteiger partial charge < -0.3 is 10.0 Å². The van der Waals surface area contributed by atoms with E-state index in [4.69, 9.17) is 5.11 Å². The van der Waals surface area contributed by atoms with Crippen LogP contribution in [0.4, 0.5) is 0 Å². The van der Waals surface area contributed by atoms with E-state index in [1.54, 1.807) is 18.4 Å². The van der Waals surface area contributed by atoms with Crippen molar-refractivity contribution in [2.24, 2.45) is 10.9 Å². The number of hydrogen-bond acceptors (Lipinski definition) is 3. The van der Waals surface area contributed by atoms with Gasteiger partial charge in [0.2, 0.25) is 0 Å². The number of rotatable bonds is 6. The Morgan fingerprint density at radius 3 is 2.55 bits per heavy atom. The summed E-state index contributed by atoms with van der Waals surface area (Å²) in [6, 6.07) is 0. The molecule has 1 heterocycles. The molecule has 1 aliphatic rings. The van der Waals surface area contributed by atoms with Crippen LogP contribution in [0.25, 0.3) is 0 Å². The van der Waals surface area contributed by atoms with Crippen molar-refractivity contribution in [2.75, 3.05) is 13.1 Å². The molecule has 4 nitrogen and oxygen atoms in total. The van der Waals surface area contributed by atoms with Gasteiger partial charge in [0.15, 0.2) is 0 Å². The third-order valence-corrected chi connectivity index (χ3v) is 3.23. The van der Waals surface area contributed by atoms with Gasteiger partial charge in [-0.25, -0.2) is 0 Å². The highest BCUT2D eigenvalue weighted by molar-refractivity contribution is 5.72. The summed E-state index contributed by atoms with van der Waals surface area (Å²) < 4.78 is 0. The van der Waals surface area contributed by atoms with Gasteiger partial charge in [0.05, 0.1) is 11.6 Å². The van der Waals surface area contributed by atoms with E-state index in [0.29, 0.717) is 13.0 Å². The van der Waals surface area contributed by atoms with Gasteiger partial charge in [-0.2, -0.15) is 0 Å². The molecule has 1 atom stereocenters. The zero-order valence-corrected chi connectivity index (χ0v) is 12.2. The number of hydrogen-bond donors (Lipinski definition) is 1. The van der Waals surface area contributed by atoms with Gasteiger partial charge in [-0.3, -0.25) is 9.79 Å². The minimum absolute atomic E-state index is 0.301. The van der Waals surface area contributed by atoms with Gasteiger partial charge in [-0.1, -0.05) is 24.8 Å². The maximum Gasteiger partial charge on any atom is 0.308 e. The SMILES string of the molecule is C=CC=NC(/C=C(\C=C)N1CCC(C(=O)O)C1)=C(C)C. The first-order valence-corrected chi connectivity index (χ1v) is 6.64. The Bertz CT molecular complexity index is 483. The fourth-order valence-corrected chi connectivity index (χ4v) is 2.06. The Kier molecular flexibility index (Phi) is 5.97. The summed E-state index contributed by atoms with van der Waals surface area (Å²) in [6.45, 7) is 12.6. The lowest BCUT2D eigenvalue weighted by Crippen LogP contribution is -2.22. The van der Waals surface area contributed by atoms with Crippen molar-refractivity contribution in [1.29, 1.82) is 0 Å². The molecule has 0 aromatic rings. The second kappa shape index (κ2) is 7.48. The monoisotopic (exact) mass is 274 g/mol. The highest BCUT2D eigenvalue weighted by atomic mass is 16.4. The minimum atomic E-state index is -0.733. The highest BCUT2D eigenvalue weighted by Gasteiger charge is 2.28. The van der Waals surface area contributed by atoms with Crippen LogP contribution in [-0.2, 0) is 4.79 Å². The number of carbonyl (C=O) groups is 1. The largest absolute Gasteiger partial charge is 0.481 e. The van der Waals surface area contributed by atoms with Crippen molar-refractivity contribution in [1.82, 2.24) is 4.90 Å². The number of aliphatic carboxylic acids is 1. The fourth-order valence-electron chi connectivity index (χ4n) is 2.06. The zero-order chi connectivity index (χ0) is 15.1. The summed E-state index contributed by atoms with van der Waals surface area (Å²) in [4.78, 5) is 17.4. The summed E-state index contributed by atoms with van der Waals surface area (Å²) in [5.41, 5.74) is 2.83. The van der Waals surface area contributed by atoms with E-state index < -0.39 is 5.97 Å². The summed E-state index contributed by atoms with van der Waals surface area (Å²) in [7, 11) is 0. The molecule has 0 radical (unpaired) electrons. The van der Waals surface area contributed by atoms with Crippen LogP contribution in [0.5, 0.6) is 0 Å². The Morgan fingerprint density at radius 1 is 1.40 bits per heavy atom. The van der Waals surface area contributed by atoms with Crippen molar-refractivity contribution in [3.05, 3.63) is 48.4 Å². The molecule has 108 valence electrons. The fraction of sp³-hybridized carbons (Fsp3) is 0.375. The van der Waals surface area contributed by atoms with Gasteiger partial charge in [0, 0.05) is 25.0 Å². The van der Waals surface area contributed by atoms with Gasteiger partial charge in [-0.05, 0) is 32.4 Å². The molecule has 0 aliphatic carbocycles. The normalized spacial score (nSPS) is 19.2. The van der Waals surface area contributed by atoms with E-state index in [-0.39, 0.29) is 5.92 Å². The lowest BCUT2D eigenvalue weighted by atomic mass is 10.1. The van der Waals surface area contributed by atoms with Crippen LogP contribution in [-0.4, -0.2) is 35.3 Å². The molecular weight excluding hydrogens is 252 g/mol. The second-order valence-electron chi connectivity index (χ2n) is 4.94. The van der Waals surface area contributed by atoms with Crippen LogP contribution in [0.1, 0.15) is 20.3 Å². The molecule has 0 spiro atoms. The Morgan fingerprint density at radius 2 is 2.10 bits per heavy atom. The third kappa shape index (κ3) is 4.23. The average molecular weight is 274 g/mol. The van der Waals surface area contributed by atoms with E-state index in [2.05, 4.69) is 18.2 Å². The average Bonchev–Trinajstić information content (AvgIpc) is 2.88. The van der Waals surface area contributed by atoms with Crippen LogP contribution in [0.15, 0.2) is 53.3 Å². The molecule has 0 amide bonds. The second-order valence-corrected chi connectivity index (χ2v) is 4.94. The first-order valence-electron chi connectivity index (χ1n) is 6.64. The topological polar surface area (TPSA) is 52.9 Å². The lowest BCUT2D eigenvalue weighted by Gasteiger charge is -2.19. The summed E-state index contributed by atoms with van der Waals surface area (Å²) >= 11 is 0. The number of allylic oxidation sites excluding steroid dienone is 4. The van der Waals surface area contributed by atoms with Gasteiger partial charge in [-0.15, -0.1) is 0 Å². The molecule has 0 bridgehead atoms. The predicted molar refractivity (Wildman–Crippen MR) is 82.7 cm³/mol. The number of aliphatic imine (C=N–C) groups is 1. The molecular formula is C16H22N2O2. The Hall–Kier alpha value is -2.10. The first kappa shape index (κ1) is 16.0. The smallest absolute Gasteiger partial charge is 0.308 e. The molecule has 1 unspecified atom stereocenters. The van der Waals surface area contributed by atoms with Crippen molar-refractivity contribution in [3.63, 3.8) is 0 Å².